The molecule has 1 aromatic carbocycles. The summed E-state index contributed by atoms with van der Waals surface area (Å²) in [7, 11) is 0. The summed E-state index contributed by atoms with van der Waals surface area (Å²) in [5.74, 6) is -1.59. The predicted octanol–water partition coefficient (Wildman–Crippen LogP) is 1.32. The van der Waals surface area contributed by atoms with E-state index in [1.54, 1.807) is 6.07 Å². The molecule has 1 unspecified atom stereocenters. The number of amides is 1. The van der Waals surface area contributed by atoms with Crippen LogP contribution in [0.15, 0.2) is 18.2 Å². The van der Waals surface area contributed by atoms with Crippen molar-refractivity contribution in [1.29, 1.82) is 0 Å². The Labute approximate surface area is 125 Å². The average molecular weight is 322 g/mol. The molecule has 0 bridgehead atoms. The molecule has 0 aromatic heterocycles. The van der Waals surface area contributed by atoms with Gasteiger partial charge in [-0.15, -0.1) is 0 Å². The minimum Gasteiger partial charge on any atom is -0.482 e. The summed E-state index contributed by atoms with van der Waals surface area (Å²) in [6, 6.07) is 3.35. The minimum absolute atomic E-state index is 0.0806. The maximum absolute atomic E-state index is 11.5. The molecule has 1 atom stereocenters. The van der Waals surface area contributed by atoms with Crippen LogP contribution in [0.5, 0.6) is 5.75 Å². The van der Waals surface area contributed by atoms with Crippen molar-refractivity contribution in [2.24, 2.45) is 0 Å². The number of aliphatic hydroxyl groups excluding tert-OH is 1. The predicted molar refractivity (Wildman–Crippen MR) is 73.2 cm³/mol. The first-order chi connectivity index (χ1) is 9.43. The van der Waals surface area contributed by atoms with E-state index in [1.165, 1.54) is 12.1 Å². The Kier molecular flexibility index (Phi) is 6.57. The van der Waals surface area contributed by atoms with Gasteiger partial charge in [0.2, 0.25) is 0 Å². The number of aliphatic hydroxyl groups is 1. The summed E-state index contributed by atoms with van der Waals surface area (Å²) in [6.45, 7) is -0.738. The molecule has 6 nitrogen and oxygen atoms in total. The number of hydrogen-bond acceptors (Lipinski definition) is 4. The Hall–Kier alpha value is -1.50. The first-order valence-corrected chi connectivity index (χ1v) is 6.40. The molecular formula is C12H13Cl2NO5. The average Bonchev–Trinajstić information content (AvgIpc) is 2.37. The molecule has 0 radical (unpaired) electrons. The monoisotopic (exact) mass is 321 g/mol. The number of benzene rings is 1. The van der Waals surface area contributed by atoms with Gasteiger partial charge in [0.1, 0.15) is 11.8 Å². The van der Waals surface area contributed by atoms with Gasteiger partial charge < -0.3 is 20.3 Å². The molecule has 20 heavy (non-hydrogen) atoms. The number of nitrogens with one attached hydrogen (secondary N) is 1. The van der Waals surface area contributed by atoms with Crippen LogP contribution in [0.4, 0.5) is 0 Å². The van der Waals surface area contributed by atoms with Gasteiger partial charge in [-0.3, -0.25) is 4.79 Å². The van der Waals surface area contributed by atoms with Crippen LogP contribution in [0, 0.1) is 0 Å². The van der Waals surface area contributed by atoms with Crippen molar-refractivity contribution in [3.05, 3.63) is 28.2 Å². The lowest BCUT2D eigenvalue weighted by Crippen LogP contribution is -2.43. The van der Waals surface area contributed by atoms with Gasteiger partial charge in [0, 0.05) is 18.1 Å². The van der Waals surface area contributed by atoms with E-state index in [0.29, 0.717) is 5.02 Å². The number of rotatable bonds is 7. The van der Waals surface area contributed by atoms with Gasteiger partial charge in [0.05, 0.1) is 5.02 Å². The molecular weight excluding hydrogens is 309 g/mol. The van der Waals surface area contributed by atoms with Crippen molar-refractivity contribution in [1.82, 2.24) is 5.32 Å². The van der Waals surface area contributed by atoms with Gasteiger partial charge in [0.15, 0.2) is 6.61 Å². The van der Waals surface area contributed by atoms with E-state index in [2.05, 4.69) is 5.32 Å². The second-order valence-corrected chi connectivity index (χ2v) is 4.68. The zero-order chi connectivity index (χ0) is 15.1. The lowest BCUT2D eigenvalue weighted by atomic mass is 10.2. The highest BCUT2D eigenvalue weighted by Crippen LogP contribution is 2.27. The molecule has 0 fully saturated rings. The fourth-order valence-electron chi connectivity index (χ4n) is 1.36. The molecule has 1 aromatic rings. The van der Waals surface area contributed by atoms with Crippen LogP contribution in [0.2, 0.25) is 10.0 Å². The van der Waals surface area contributed by atoms with Crippen LogP contribution in [0.25, 0.3) is 0 Å². The van der Waals surface area contributed by atoms with Gasteiger partial charge in [-0.2, -0.15) is 0 Å². The van der Waals surface area contributed by atoms with Gasteiger partial charge in [-0.1, -0.05) is 23.2 Å². The number of hydrogen-bond donors (Lipinski definition) is 3. The zero-order valence-electron chi connectivity index (χ0n) is 10.3. The van der Waals surface area contributed by atoms with Crippen LogP contribution < -0.4 is 10.1 Å². The number of carbonyl (C=O) groups excluding carboxylic acids is 1. The Morgan fingerprint density at radius 2 is 2.05 bits per heavy atom. The fraction of sp³-hybridized carbons (Fsp3) is 0.333. The largest absolute Gasteiger partial charge is 0.482 e. The van der Waals surface area contributed by atoms with Crippen molar-refractivity contribution < 1.29 is 24.5 Å². The highest BCUT2D eigenvalue weighted by Gasteiger charge is 2.19. The van der Waals surface area contributed by atoms with E-state index < -0.39 is 24.5 Å². The maximum Gasteiger partial charge on any atom is 0.326 e. The Balaban J connectivity index is 2.52. The van der Waals surface area contributed by atoms with Crippen LogP contribution in [0.3, 0.4) is 0 Å². The summed E-state index contributed by atoms with van der Waals surface area (Å²) in [6.07, 6.45) is -0.0806. The smallest absolute Gasteiger partial charge is 0.326 e. The third-order valence-corrected chi connectivity index (χ3v) is 2.83. The minimum atomic E-state index is -1.23. The van der Waals surface area contributed by atoms with E-state index in [1.807, 2.05) is 0 Å². The molecule has 3 N–H and O–H groups in total. The first-order valence-electron chi connectivity index (χ1n) is 5.65. The van der Waals surface area contributed by atoms with Crippen LogP contribution in [-0.4, -0.2) is 41.3 Å². The summed E-state index contributed by atoms with van der Waals surface area (Å²) in [5, 5.41) is 20.4. The van der Waals surface area contributed by atoms with E-state index in [-0.39, 0.29) is 23.8 Å². The van der Waals surface area contributed by atoms with Crippen molar-refractivity contribution in [2.75, 3.05) is 13.2 Å². The van der Waals surface area contributed by atoms with Crippen molar-refractivity contribution in [3.63, 3.8) is 0 Å². The standard InChI is InChI=1S/C12H13Cl2NO5/c13-7-1-2-10(8(14)5-7)20-6-11(17)15-9(3-4-16)12(18)19/h1-2,5,9,16H,3-4,6H2,(H,15,17)(H,18,19). The number of ether oxygens (including phenoxy) is 1. The molecule has 0 aliphatic carbocycles. The molecule has 8 heteroatoms. The molecule has 0 spiro atoms. The summed E-state index contributed by atoms with van der Waals surface area (Å²) >= 11 is 11.6. The van der Waals surface area contributed by atoms with Crippen molar-refractivity contribution in [2.45, 2.75) is 12.5 Å². The van der Waals surface area contributed by atoms with Crippen LogP contribution in [-0.2, 0) is 9.59 Å². The van der Waals surface area contributed by atoms with Crippen molar-refractivity contribution >= 4 is 35.1 Å². The molecule has 0 aliphatic heterocycles. The van der Waals surface area contributed by atoms with E-state index in [4.69, 9.17) is 38.2 Å². The van der Waals surface area contributed by atoms with Crippen LogP contribution in [0.1, 0.15) is 6.42 Å². The number of halogens is 2. The second-order valence-electron chi connectivity index (χ2n) is 3.83. The third-order valence-electron chi connectivity index (χ3n) is 2.30. The molecule has 1 amide bonds. The molecule has 0 saturated heterocycles. The number of carboxylic acids is 1. The zero-order valence-corrected chi connectivity index (χ0v) is 11.8. The van der Waals surface area contributed by atoms with Gasteiger partial charge >= 0.3 is 5.97 Å². The molecule has 0 saturated carbocycles. The normalized spacial score (nSPS) is 11.8. The van der Waals surface area contributed by atoms with Gasteiger partial charge in [-0.25, -0.2) is 4.79 Å². The van der Waals surface area contributed by atoms with Gasteiger partial charge in [-0.05, 0) is 18.2 Å². The number of carboxylic acid groups (broad SMARTS) is 1. The molecule has 1 rings (SSSR count). The van der Waals surface area contributed by atoms with Crippen molar-refractivity contribution in [3.8, 4) is 5.75 Å². The summed E-state index contributed by atoms with van der Waals surface area (Å²) < 4.78 is 5.15. The lowest BCUT2D eigenvalue weighted by Gasteiger charge is -2.14. The number of carbonyl (C=O) groups is 2. The highest BCUT2D eigenvalue weighted by atomic mass is 35.5. The van der Waals surface area contributed by atoms with Crippen LogP contribution >= 0.6 is 23.2 Å². The second kappa shape index (κ2) is 7.94. The van der Waals surface area contributed by atoms with E-state index >= 15 is 0 Å². The summed E-state index contributed by atoms with van der Waals surface area (Å²) in [5.41, 5.74) is 0. The van der Waals surface area contributed by atoms with Gasteiger partial charge in [0.25, 0.3) is 5.91 Å². The maximum atomic E-state index is 11.5. The first kappa shape index (κ1) is 16.6. The molecule has 0 aliphatic rings. The Bertz CT molecular complexity index is 495. The van der Waals surface area contributed by atoms with E-state index in [0.717, 1.165) is 0 Å². The molecule has 0 heterocycles. The SMILES string of the molecule is O=C(COc1ccc(Cl)cc1Cl)NC(CCO)C(=O)O. The Morgan fingerprint density at radius 3 is 2.60 bits per heavy atom. The highest BCUT2D eigenvalue weighted by molar-refractivity contribution is 6.35. The number of aliphatic carboxylic acids is 1. The van der Waals surface area contributed by atoms with E-state index in [9.17, 15) is 9.59 Å². The third kappa shape index (κ3) is 5.24. The fourth-order valence-corrected chi connectivity index (χ4v) is 1.82. The lowest BCUT2D eigenvalue weighted by molar-refractivity contribution is -0.142. The Morgan fingerprint density at radius 1 is 1.35 bits per heavy atom. The quantitative estimate of drug-likeness (QED) is 0.704. The molecule has 110 valence electrons. The summed E-state index contributed by atoms with van der Waals surface area (Å²) in [4.78, 5) is 22.3. The topological polar surface area (TPSA) is 95.9 Å².